The summed E-state index contributed by atoms with van der Waals surface area (Å²) in [6, 6.07) is 15.5. The first kappa shape index (κ1) is 22.1. The van der Waals surface area contributed by atoms with E-state index < -0.39 is 0 Å². The number of hydrogen-bond acceptors (Lipinski definition) is 5. The molecular weight excluding hydrogens is 398 g/mol. The van der Waals surface area contributed by atoms with Crippen LogP contribution in [0, 0.1) is 0 Å². The van der Waals surface area contributed by atoms with E-state index in [0.717, 1.165) is 12.0 Å². The molecular formula is C23H27N3O3S. The highest BCUT2D eigenvalue weighted by atomic mass is 32.2. The zero-order valence-electron chi connectivity index (χ0n) is 17.4. The molecule has 1 aromatic heterocycles. The molecule has 0 bridgehead atoms. The standard InChI is InChI=1S/C23H27N3O3S/c1-3-17-9-11-18(12-10-17)15-25(2)21(28)16-30-23-24-20-8-5-4-7-19(20)22(29)26(23)13-6-14-27/h4-5,7-12,27H,3,6,13-16H2,1-2H3. The summed E-state index contributed by atoms with van der Waals surface area (Å²) in [5.74, 6) is 0.156. The van der Waals surface area contributed by atoms with Crippen molar-refractivity contribution in [1.29, 1.82) is 0 Å². The fourth-order valence-corrected chi connectivity index (χ4v) is 4.13. The molecule has 1 heterocycles. The average molecular weight is 426 g/mol. The summed E-state index contributed by atoms with van der Waals surface area (Å²) in [5.41, 5.74) is 2.82. The van der Waals surface area contributed by atoms with E-state index in [1.54, 1.807) is 34.7 Å². The van der Waals surface area contributed by atoms with E-state index in [0.29, 0.717) is 35.6 Å². The number of aromatic nitrogens is 2. The lowest BCUT2D eigenvalue weighted by Gasteiger charge is -2.18. The second-order valence-electron chi connectivity index (χ2n) is 7.15. The molecule has 0 unspecified atom stereocenters. The fraction of sp³-hybridized carbons (Fsp3) is 0.348. The van der Waals surface area contributed by atoms with Gasteiger partial charge in [-0.15, -0.1) is 0 Å². The van der Waals surface area contributed by atoms with E-state index in [9.17, 15) is 14.7 Å². The number of hydrogen-bond donors (Lipinski definition) is 1. The van der Waals surface area contributed by atoms with Crippen molar-refractivity contribution in [3.63, 3.8) is 0 Å². The smallest absolute Gasteiger partial charge is 0.262 e. The van der Waals surface area contributed by atoms with Crippen LogP contribution >= 0.6 is 11.8 Å². The van der Waals surface area contributed by atoms with E-state index in [4.69, 9.17) is 0 Å². The zero-order chi connectivity index (χ0) is 21.5. The van der Waals surface area contributed by atoms with Gasteiger partial charge in [0.2, 0.25) is 5.91 Å². The molecule has 0 aliphatic heterocycles. The number of para-hydroxylation sites is 1. The molecule has 0 radical (unpaired) electrons. The molecule has 0 fully saturated rings. The topological polar surface area (TPSA) is 75.4 Å². The lowest BCUT2D eigenvalue weighted by atomic mass is 10.1. The summed E-state index contributed by atoms with van der Waals surface area (Å²) in [6.07, 6.45) is 1.44. The number of thioether (sulfide) groups is 1. The average Bonchev–Trinajstić information content (AvgIpc) is 2.77. The summed E-state index contributed by atoms with van der Waals surface area (Å²) in [5, 5.41) is 10.2. The van der Waals surface area contributed by atoms with Crippen molar-refractivity contribution in [2.24, 2.45) is 0 Å². The molecule has 0 saturated carbocycles. The van der Waals surface area contributed by atoms with Crippen LogP contribution in [0.25, 0.3) is 10.9 Å². The third-order valence-corrected chi connectivity index (χ3v) is 5.93. The van der Waals surface area contributed by atoms with Crippen LogP contribution in [0.4, 0.5) is 0 Å². The van der Waals surface area contributed by atoms with E-state index >= 15 is 0 Å². The van der Waals surface area contributed by atoms with Crippen molar-refractivity contribution < 1.29 is 9.90 Å². The molecule has 0 spiro atoms. The number of carbonyl (C=O) groups is 1. The maximum atomic E-state index is 12.9. The minimum atomic E-state index is -0.145. The number of aryl methyl sites for hydroxylation is 1. The van der Waals surface area contributed by atoms with Gasteiger partial charge in [-0.2, -0.15) is 0 Å². The Morgan fingerprint density at radius 3 is 2.53 bits per heavy atom. The van der Waals surface area contributed by atoms with Gasteiger partial charge >= 0.3 is 0 Å². The van der Waals surface area contributed by atoms with Crippen molar-refractivity contribution in [1.82, 2.24) is 14.5 Å². The Bertz CT molecular complexity index is 1060. The van der Waals surface area contributed by atoms with E-state index in [1.165, 1.54) is 17.3 Å². The third kappa shape index (κ3) is 5.29. The molecule has 2 aromatic carbocycles. The van der Waals surface area contributed by atoms with Crippen LogP contribution in [0.2, 0.25) is 0 Å². The number of nitrogens with zero attached hydrogens (tertiary/aromatic N) is 3. The number of fused-ring (bicyclic) bond motifs is 1. The van der Waals surface area contributed by atoms with Crippen molar-refractivity contribution in [2.75, 3.05) is 19.4 Å². The highest BCUT2D eigenvalue weighted by Gasteiger charge is 2.15. The second kappa shape index (κ2) is 10.4. The Hall–Kier alpha value is -2.64. The molecule has 1 N–H and O–H groups in total. The Labute approximate surface area is 180 Å². The minimum absolute atomic E-state index is 0.0120. The molecule has 30 heavy (non-hydrogen) atoms. The van der Waals surface area contributed by atoms with Gasteiger partial charge in [0, 0.05) is 26.7 Å². The number of rotatable bonds is 9. The number of aliphatic hydroxyl groups is 1. The molecule has 7 heteroatoms. The molecule has 3 aromatic rings. The van der Waals surface area contributed by atoms with Gasteiger partial charge < -0.3 is 10.0 Å². The normalized spacial score (nSPS) is 11.0. The van der Waals surface area contributed by atoms with Gasteiger partial charge in [0.15, 0.2) is 5.16 Å². The largest absolute Gasteiger partial charge is 0.396 e. The quantitative estimate of drug-likeness (QED) is 0.421. The van der Waals surface area contributed by atoms with Crippen molar-refractivity contribution in [3.8, 4) is 0 Å². The van der Waals surface area contributed by atoms with Crippen molar-refractivity contribution in [3.05, 3.63) is 70.0 Å². The third-order valence-electron chi connectivity index (χ3n) is 4.97. The lowest BCUT2D eigenvalue weighted by Crippen LogP contribution is -2.29. The summed E-state index contributed by atoms with van der Waals surface area (Å²) in [7, 11) is 1.78. The Balaban J connectivity index is 1.73. The summed E-state index contributed by atoms with van der Waals surface area (Å²) in [4.78, 5) is 31.8. The molecule has 0 aliphatic rings. The maximum absolute atomic E-state index is 12.9. The zero-order valence-corrected chi connectivity index (χ0v) is 18.2. The van der Waals surface area contributed by atoms with Crippen LogP contribution in [-0.4, -0.2) is 44.9 Å². The first-order valence-corrected chi connectivity index (χ1v) is 11.1. The fourth-order valence-electron chi connectivity index (χ4n) is 3.16. The number of aliphatic hydroxyl groups excluding tert-OH is 1. The van der Waals surface area contributed by atoms with Gasteiger partial charge in [-0.05, 0) is 36.1 Å². The van der Waals surface area contributed by atoms with E-state index in [-0.39, 0.29) is 23.8 Å². The molecule has 3 rings (SSSR count). The van der Waals surface area contributed by atoms with Crippen molar-refractivity contribution in [2.45, 2.75) is 38.0 Å². The predicted octanol–water partition coefficient (Wildman–Crippen LogP) is 3.09. The summed E-state index contributed by atoms with van der Waals surface area (Å²) < 4.78 is 1.56. The van der Waals surface area contributed by atoms with Crippen LogP contribution in [0.5, 0.6) is 0 Å². The Morgan fingerprint density at radius 1 is 1.13 bits per heavy atom. The monoisotopic (exact) mass is 425 g/mol. The predicted molar refractivity (Wildman–Crippen MR) is 121 cm³/mol. The van der Waals surface area contributed by atoms with Gasteiger partial charge in [0.05, 0.1) is 16.7 Å². The van der Waals surface area contributed by atoms with Gasteiger partial charge in [0.1, 0.15) is 0 Å². The van der Waals surface area contributed by atoms with Gasteiger partial charge in [-0.1, -0.05) is 55.1 Å². The molecule has 0 saturated heterocycles. The Morgan fingerprint density at radius 2 is 1.83 bits per heavy atom. The van der Waals surface area contributed by atoms with Crippen LogP contribution in [0.1, 0.15) is 24.5 Å². The highest BCUT2D eigenvalue weighted by molar-refractivity contribution is 7.99. The van der Waals surface area contributed by atoms with Crippen LogP contribution in [-0.2, 0) is 24.3 Å². The number of benzene rings is 2. The lowest BCUT2D eigenvalue weighted by molar-refractivity contribution is -0.127. The molecule has 6 nitrogen and oxygen atoms in total. The molecule has 0 aliphatic carbocycles. The second-order valence-corrected chi connectivity index (χ2v) is 8.10. The molecule has 1 amide bonds. The summed E-state index contributed by atoms with van der Waals surface area (Å²) >= 11 is 1.26. The minimum Gasteiger partial charge on any atom is -0.396 e. The number of amides is 1. The molecule has 0 atom stereocenters. The van der Waals surface area contributed by atoms with Crippen LogP contribution < -0.4 is 5.56 Å². The Kier molecular flexibility index (Phi) is 7.65. The number of carbonyl (C=O) groups excluding carboxylic acids is 1. The highest BCUT2D eigenvalue weighted by Crippen LogP contribution is 2.19. The van der Waals surface area contributed by atoms with Gasteiger partial charge in [-0.3, -0.25) is 14.2 Å². The van der Waals surface area contributed by atoms with E-state index in [2.05, 4.69) is 24.0 Å². The molecule has 158 valence electrons. The first-order valence-electron chi connectivity index (χ1n) is 10.1. The first-order chi connectivity index (χ1) is 14.5. The van der Waals surface area contributed by atoms with E-state index in [1.807, 2.05) is 18.2 Å². The SMILES string of the molecule is CCc1ccc(CN(C)C(=O)CSc2nc3ccccc3c(=O)n2CCCO)cc1. The van der Waals surface area contributed by atoms with Crippen LogP contribution in [0.15, 0.2) is 58.5 Å². The van der Waals surface area contributed by atoms with Gasteiger partial charge in [0.25, 0.3) is 5.56 Å². The van der Waals surface area contributed by atoms with Crippen LogP contribution in [0.3, 0.4) is 0 Å². The summed E-state index contributed by atoms with van der Waals surface area (Å²) in [6.45, 7) is 3.00. The van der Waals surface area contributed by atoms with Crippen molar-refractivity contribution >= 4 is 28.6 Å². The van der Waals surface area contributed by atoms with Gasteiger partial charge in [-0.25, -0.2) is 4.98 Å². The maximum Gasteiger partial charge on any atom is 0.262 e.